The third kappa shape index (κ3) is 3.18. The number of hydrogen-bond acceptors (Lipinski definition) is 4. The molecule has 1 aromatic rings. The molecule has 1 aromatic carbocycles. The quantitative estimate of drug-likeness (QED) is 0.794. The number of hydrogen-bond donors (Lipinski definition) is 1. The lowest BCUT2D eigenvalue weighted by Crippen LogP contribution is -2.30. The first-order chi connectivity index (χ1) is 7.89. The highest BCUT2D eigenvalue weighted by Crippen LogP contribution is 2.19. The predicted molar refractivity (Wildman–Crippen MR) is 67.3 cm³/mol. The molecular weight excluding hydrogens is 240 g/mol. The van der Waals surface area contributed by atoms with Gasteiger partial charge in [0.2, 0.25) is 10.0 Å². The van der Waals surface area contributed by atoms with E-state index in [1.807, 2.05) is 6.92 Å². The van der Waals surface area contributed by atoms with Crippen molar-refractivity contribution in [3.05, 3.63) is 23.8 Å². The highest BCUT2D eigenvalue weighted by Gasteiger charge is 2.20. The fraction of sp³-hybridized carbons (Fsp3) is 0.455. The first kappa shape index (κ1) is 14.0. The third-order valence-corrected chi connectivity index (χ3v) is 4.42. The molecule has 0 aromatic heterocycles. The van der Waals surface area contributed by atoms with E-state index in [2.05, 4.69) is 0 Å². The summed E-state index contributed by atoms with van der Waals surface area (Å²) in [4.78, 5) is 0.208. The number of benzene rings is 1. The first-order valence-corrected chi connectivity index (χ1v) is 6.65. The molecule has 96 valence electrons. The first-order valence-electron chi connectivity index (χ1n) is 5.21. The maximum absolute atomic E-state index is 12.1. The van der Waals surface area contributed by atoms with Gasteiger partial charge in [-0.25, -0.2) is 8.42 Å². The molecule has 0 aliphatic carbocycles. The van der Waals surface area contributed by atoms with E-state index in [4.69, 9.17) is 10.5 Å². The minimum absolute atomic E-state index is 0.208. The van der Waals surface area contributed by atoms with Crippen molar-refractivity contribution >= 4 is 15.7 Å². The van der Waals surface area contributed by atoms with E-state index < -0.39 is 10.0 Å². The summed E-state index contributed by atoms with van der Waals surface area (Å²) in [7, 11) is -0.427. The third-order valence-electron chi connectivity index (χ3n) is 2.57. The molecule has 17 heavy (non-hydrogen) atoms. The van der Waals surface area contributed by atoms with Crippen molar-refractivity contribution in [2.75, 3.05) is 33.0 Å². The number of likely N-dealkylation sites (N-methyl/N-ethyl adjacent to an activating group) is 1. The van der Waals surface area contributed by atoms with Crippen molar-refractivity contribution in [2.45, 2.75) is 11.8 Å². The summed E-state index contributed by atoms with van der Waals surface area (Å²) in [5, 5.41) is 0. The number of sulfonamides is 1. The predicted octanol–water partition coefficient (Wildman–Crippen LogP) is 0.844. The maximum atomic E-state index is 12.1. The largest absolute Gasteiger partial charge is 0.398 e. The Hall–Kier alpha value is -1.11. The standard InChI is InChI=1S/C11H18N2O3S/c1-9-4-5-10(8-11(9)12)17(14,15)13(2)6-7-16-3/h4-5,8H,6-7,12H2,1-3H3. The molecule has 0 heterocycles. The van der Waals surface area contributed by atoms with Crippen molar-refractivity contribution in [1.29, 1.82) is 0 Å². The van der Waals surface area contributed by atoms with Gasteiger partial charge in [0, 0.05) is 26.4 Å². The average molecular weight is 258 g/mol. The summed E-state index contributed by atoms with van der Waals surface area (Å²) < 4.78 is 30.3. The van der Waals surface area contributed by atoms with Crippen LogP contribution in [0.1, 0.15) is 5.56 Å². The summed E-state index contributed by atoms with van der Waals surface area (Å²) in [6.45, 7) is 2.50. The van der Waals surface area contributed by atoms with Crippen molar-refractivity contribution < 1.29 is 13.2 Å². The number of ether oxygens (including phenoxy) is 1. The monoisotopic (exact) mass is 258 g/mol. The Bertz CT molecular complexity index is 485. The lowest BCUT2D eigenvalue weighted by atomic mass is 10.2. The second-order valence-corrected chi connectivity index (χ2v) is 5.88. The van der Waals surface area contributed by atoms with E-state index in [9.17, 15) is 8.42 Å². The molecule has 0 saturated carbocycles. The van der Waals surface area contributed by atoms with E-state index in [0.29, 0.717) is 18.8 Å². The van der Waals surface area contributed by atoms with Crippen molar-refractivity contribution in [2.24, 2.45) is 0 Å². The van der Waals surface area contributed by atoms with Gasteiger partial charge in [0.05, 0.1) is 11.5 Å². The van der Waals surface area contributed by atoms with Crippen molar-refractivity contribution in [3.63, 3.8) is 0 Å². The zero-order chi connectivity index (χ0) is 13.1. The minimum atomic E-state index is -3.48. The molecule has 0 fully saturated rings. The molecule has 6 heteroatoms. The minimum Gasteiger partial charge on any atom is -0.398 e. The van der Waals surface area contributed by atoms with E-state index in [-0.39, 0.29) is 4.90 Å². The van der Waals surface area contributed by atoms with Crippen LogP contribution < -0.4 is 5.73 Å². The molecule has 0 aliphatic heterocycles. The summed E-state index contributed by atoms with van der Waals surface area (Å²) in [6, 6.07) is 4.74. The fourth-order valence-electron chi connectivity index (χ4n) is 1.30. The van der Waals surface area contributed by atoms with E-state index in [0.717, 1.165) is 5.56 Å². The number of aryl methyl sites for hydroxylation is 1. The van der Waals surface area contributed by atoms with Crippen LogP contribution in [-0.4, -0.2) is 40.0 Å². The molecule has 0 saturated heterocycles. The van der Waals surface area contributed by atoms with Crippen LogP contribution in [0.5, 0.6) is 0 Å². The topological polar surface area (TPSA) is 72.6 Å². The van der Waals surface area contributed by atoms with Crippen molar-refractivity contribution in [3.8, 4) is 0 Å². The van der Waals surface area contributed by atoms with E-state index >= 15 is 0 Å². The molecule has 0 radical (unpaired) electrons. The van der Waals surface area contributed by atoms with Gasteiger partial charge in [-0.05, 0) is 24.6 Å². The normalized spacial score (nSPS) is 12.0. The van der Waals surface area contributed by atoms with Gasteiger partial charge in [-0.3, -0.25) is 0 Å². The zero-order valence-electron chi connectivity index (χ0n) is 10.3. The Balaban J connectivity index is 3.00. The number of nitrogen functional groups attached to an aromatic ring is 1. The fourth-order valence-corrected chi connectivity index (χ4v) is 2.49. The van der Waals surface area contributed by atoms with Crippen LogP contribution in [0.4, 0.5) is 5.69 Å². The van der Waals surface area contributed by atoms with Crippen LogP contribution >= 0.6 is 0 Å². The Morgan fingerprint density at radius 2 is 2.06 bits per heavy atom. The van der Waals surface area contributed by atoms with Crippen LogP contribution in [0.25, 0.3) is 0 Å². The molecule has 1 rings (SSSR count). The van der Waals surface area contributed by atoms with E-state index in [1.54, 1.807) is 12.1 Å². The van der Waals surface area contributed by atoms with Crippen LogP contribution in [0, 0.1) is 6.92 Å². The van der Waals surface area contributed by atoms with Gasteiger partial charge in [-0.2, -0.15) is 4.31 Å². The second-order valence-electron chi connectivity index (χ2n) is 3.84. The number of methoxy groups -OCH3 is 1. The van der Waals surface area contributed by atoms with Gasteiger partial charge in [0.15, 0.2) is 0 Å². The van der Waals surface area contributed by atoms with E-state index in [1.165, 1.54) is 24.5 Å². The zero-order valence-corrected chi connectivity index (χ0v) is 11.1. The lowest BCUT2D eigenvalue weighted by molar-refractivity contribution is 0.185. The molecule has 2 N–H and O–H groups in total. The molecule has 0 atom stereocenters. The lowest BCUT2D eigenvalue weighted by Gasteiger charge is -2.17. The van der Waals surface area contributed by atoms with Gasteiger partial charge < -0.3 is 10.5 Å². The Morgan fingerprint density at radius 3 is 2.59 bits per heavy atom. The highest BCUT2D eigenvalue weighted by molar-refractivity contribution is 7.89. The van der Waals surface area contributed by atoms with Crippen molar-refractivity contribution in [1.82, 2.24) is 4.31 Å². The molecular formula is C11H18N2O3S. The SMILES string of the molecule is COCCN(C)S(=O)(=O)c1ccc(C)c(N)c1. The number of nitrogens with two attached hydrogens (primary N) is 1. The molecule has 0 unspecified atom stereocenters. The second kappa shape index (κ2) is 5.48. The smallest absolute Gasteiger partial charge is 0.242 e. The molecule has 0 bridgehead atoms. The number of anilines is 1. The number of nitrogens with zero attached hydrogens (tertiary/aromatic N) is 1. The van der Waals surface area contributed by atoms with Gasteiger partial charge in [0.1, 0.15) is 0 Å². The van der Waals surface area contributed by atoms with Crippen LogP contribution in [0.15, 0.2) is 23.1 Å². The van der Waals surface area contributed by atoms with Gasteiger partial charge >= 0.3 is 0 Å². The molecule has 0 amide bonds. The Kier molecular flexibility index (Phi) is 4.50. The molecule has 5 nitrogen and oxygen atoms in total. The summed E-state index contributed by atoms with van der Waals surface area (Å²) in [5.74, 6) is 0. The molecule has 0 spiro atoms. The Morgan fingerprint density at radius 1 is 1.41 bits per heavy atom. The van der Waals surface area contributed by atoms with Gasteiger partial charge in [0.25, 0.3) is 0 Å². The maximum Gasteiger partial charge on any atom is 0.242 e. The summed E-state index contributed by atoms with van der Waals surface area (Å²) >= 11 is 0. The summed E-state index contributed by atoms with van der Waals surface area (Å²) in [6.07, 6.45) is 0. The van der Waals surface area contributed by atoms with Crippen LogP contribution in [0.2, 0.25) is 0 Å². The van der Waals surface area contributed by atoms with Gasteiger partial charge in [-0.1, -0.05) is 6.07 Å². The Labute approximate surface area is 102 Å². The number of rotatable bonds is 5. The highest BCUT2D eigenvalue weighted by atomic mass is 32.2. The van der Waals surface area contributed by atoms with Crippen LogP contribution in [-0.2, 0) is 14.8 Å². The van der Waals surface area contributed by atoms with Gasteiger partial charge in [-0.15, -0.1) is 0 Å². The average Bonchev–Trinajstić information content (AvgIpc) is 2.29. The molecule has 0 aliphatic rings. The van der Waals surface area contributed by atoms with Crippen LogP contribution in [0.3, 0.4) is 0 Å². The summed E-state index contributed by atoms with van der Waals surface area (Å²) in [5.41, 5.74) is 7.05.